The smallest absolute Gasteiger partial charge is 0.266 e. The zero-order valence-electron chi connectivity index (χ0n) is 16.2. The van der Waals surface area contributed by atoms with Gasteiger partial charge in [0.05, 0.1) is 27.7 Å². The summed E-state index contributed by atoms with van der Waals surface area (Å²) < 4.78 is 5.92. The number of nitrogens with zero attached hydrogens (tertiary/aromatic N) is 2. The number of anilines is 1. The van der Waals surface area contributed by atoms with Gasteiger partial charge in [0.25, 0.3) is 5.91 Å². The number of methoxy groups -OCH3 is 1. The maximum Gasteiger partial charge on any atom is 0.266 e. The van der Waals surface area contributed by atoms with E-state index < -0.39 is 0 Å². The van der Waals surface area contributed by atoms with E-state index in [4.69, 9.17) is 16.3 Å². The van der Waals surface area contributed by atoms with Gasteiger partial charge < -0.3 is 15.0 Å². The van der Waals surface area contributed by atoms with Crippen LogP contribution in [0.25, 0.3) is 9.88 Å². The van der Waals surface area contributed by atoms with Crippen LogP contribution in [0.4, 0.5) is 5.69 Å². The molecule has 9 heteroatoms. The third-order valence-electron chi connectivity index (χ3n) is 4.16. The van der Waals surface area contributed by atoms with Gasteiger partial charge in [0.1, 0.15) is 22.2 Å². The minimum atomic E-state index is -0.294. The van der Waals surface area contributed by atoms with Gasteiger partial charge in [0, 0.05) is 6.54 Å². The third-order valence-corrected chi connectivity index (χ3v) is 6.71. The summed E-state index contributed by atoms with van der Waals surface area (Å²) in [5.41, 5.74) is 1.21. The second kappa shape index (κ2) is 9.39. The second-order valence-corrected chi connectivity index (χ2v) is 8.82. The topological polar surface area (TPSA) is 71.5 Å². The largest absolute Gasteiger partial charge is 0.495 e. The normalized spacial score (nSPS) is 10.6. The number of aromatic nitrogens is 1. The van der Waals surface area contributed by atoms with E-state index in [1.807, 2.05) is 19.1 Å². The van der Waals surface area contributed by atoms with Crippen LogP contribution in [0.5, 0.6) is 5.75 Å². The van der Waals surface area contributed by atoms with Crippen LogP contribution in [0.15, 0.2) is 36.4 Å². The highest BCUT2D eigenvalue weighted by Gasteiger charge is 2.23. The molecule has 0 saturated carbocycles. The molecule has 6 nitrogen and oxygen atoms in total. The lowest BCUT2D eigenvalue weighted by Gasteiger charge is -2.20. The van der Waals surface area contributed by atoms with Crippen molar-refractivity contribution in [2.45, 2.75) is 13.8 Å². The number of thiazole rings is 1. The monoisotopic (exact) mass is 449 g/mol. The molecule has 0 unspecified atom stereocenters. The van der Waals surface area contributed by atoms with Crippen molar-refractivity contribution >= 4 is 51.8 Å². The van der Waals surface area contributed by atoms with Crippen molar-refractivity contribution < 1.29 is 14.3 Å². The number of nitrogens with one attached hydrogen (secondary N) is 1. The van der Waals surface area contributed by atoms with Gasteiger partial charge in [-0.3, -0.25) is 9.59 Å². The number of carbonyl (C=O) groups is 2. The quantitative estimate of drug-likeness (QED) is 0.554. The number of amides is 2. The second-order valence-electron chi connectivity index (χ2n) is 6.11. The average molecular weight is 450 g/mol. The Hall–Kier alpha value is -2.42. The Morgan fingerprint density at radius 3 is 2.62 bits per heavy atom. The summed E-state index contributed by atoms with van der Waals surface area (Å²) in [6.45, 7) is 3.97. The van der Waals surface area contributed by atoms with E-state index >= 15 is 0 Å². The predicted molar refractivity (Wildman–Crippen MR) is 118 cm³/mol. The van der Waals surface area contributed by atoms with Gasteiger partial charge in [-0.2, -0.15) is 0 Å². The van der Waals surface area contributed by atoms with Gasteiger partial charge in [-0.25, -0.2) is 4.98 Å². The summed E-state index contributed by atoms with van der Waals surface area (Å²) in [6.07, 6.45) is 0. The molecule has 2 heterocycles. The number of hydrogen-bond donors (Lipinski definition) is 1. The van der Waals surface area contributed by atoms with E-state index in [9.17, 15) is 9.59 Å². The zero-order chi connectivity index (χ0) is 21.0. The van der Waals surface area contributed by atoms with Crippen molar-refractivity contribution in [3.05, 3.63) is 51.3 Å². The highest BCUT2D eigenvalue weighted by atomic mass is 35.5. The molecule has 0 saturated heterocycles. The highest BCUT2D eigenvalue weighted by Crippen LogP contribution is 2.35. The van der Waals surface area contributed by atoms with Gasteiger partial charge in [0.15, 0.2) is 0 Å². The summed E-state index contributed by atoms with van der Waals surface area (Å²) >= 11 is 8.73. The van der Waals surface area contributed by atoms with E-state index in [1.54, 1.807) is 31.2 Å². The van der Waals surface area contributed by atoms with Gasteiger partial charge >= 0.3 is 0 Å². The Balaban J connectivity index is 1.73. The molecule has 0 aliphatic rings. The Bertz CT molecular complexity index is 1030. The van der Waals surface area contributed by atoms with Gasteiger partial charge in [-0.05, 0) is 38.1 Å². The van der Waals surface area contributed by atoms with Crippen LogP contribution >= 0.6 is 34.3 Å². The first kappa shape index (κ1) is 21.3. The molecule has 1 N–H and O–H groups in total. The molecular formula is C20H20ClN3O3S2. The molecular weight excluding hydrogens is 430 g/mol. The maximum atomic E-state index is 13.0. The fourth-order valence-corrected chi connectivity index (χ4v) is 4.84. The van der Waals surface area contributed by atoms with Crippen molar-refractivity contribution in [3.8, 4) is 15.6 Å². The third kappa shape index (κ3) is 4.95. The minimum absolute atomic E-state index is 0.0646. The number of carbonyl (C=O) groups excluding carboxylic acids is 2. The van der Waals surface area contributed by atoms with Crippen LogP contribution in [-0.2, 0) is 4.79 Å². The average Bonchev–Trinajstić information content (AvgIpc) is 3.31. The van der Waals surface area contributed by atoms with Crippen LogP contribution in [0.2, 0.25) is 4.34 Å². The molecule has 0 atom stereocenters. The van der Waals surface area contributed by atoms with Crippen molar-refractivity contribution in [2.24, 2.45) is 0 Å². The standard InChI is InChI=1S/C20H20ClN3O3S2/c1-4-24(11-17(25)23-13-7-5-6-8-14(13)27-3)20(26)18-12(2)22-19(29-18)15-9-10-16(21)28-15/h5-10H,4,11H2,1-3H3,(H,23,25). The zero-order valence-corrected chi connectivity index (χ0v) is 18.6. The number of rotatable bonds is 7. The number of halogens is 1. The number of hydrogen-bond acceptors (Lipinski definition) is 6. The van der Waals surface area contributed by atoms with Crippen LogP contribution in [-0.4, -0.2) is 41.9 Å². The van der Waals surface area contributed by atoms with E-state index in [0.717, 1.165) is 9.88 Å². The van der Waals surface area contributed by atoms with Crippen molar-refractivity contribution in [3.63, 3.8) is 0 Å². The number of thiophene rings is 1. The van der Waals surface area contributed by atoms with Gasteiger partial charge in [-0.1, -0.05) is 23.7 Å². The summed E-state index contributed by atoms with van der Waals surface area (Å²) in [6, 6.07) is 10.8. The molecule has 0 fully saturated rings. The summed E-state index contributed by atoms with van der Waals surface area (Å²) in [5, 5.41) is 3.55. The molecule has 3 aromatic rings. The number of ether oxygens (including phenoxy) is 1. The molecule has 0 bridgehead atoms. The summed E-state index contributed by atoms with van der Waals surface area (Å²) in [5.74, 6) is 0.0523. The molecule has 152 valence electrons. The van der Waals surface area contributed by atoms with E-state index in [1.165, 1.54) is 34.7 Å². The SMILES string of the molecule is CCN(CC(=O)Nc1ccccc1OC)C(=O)c1sc(-c2ccc(Cl)s2)nc1C. The number of para-hydroxylation sites is 2. The van der Waals surface area contributed by atoms with E-state index in [-0.39, 0.29) is 18.4 Å². The number of likely N-dealkylation sites (N-methyl/N-ethyl adjacent to an activating group) is 1. The summed E-state index contributed by atoms with van der Waals surface area (Å²) in [7, 11) is 1.54. The van der Waals surface area contributed by atoms with Crippen LogP contribution < -0.4 is 10.1 Å². The molecule has 0 aliphatic heterocycles. The van der Waals surface area contributed by atoms with E-state index in [2.05, 4.69) is 10.3 Å². The Morgan fingerprint density at radius 1 is 1.21 bits per heavy atom. The minimum Gasteiger partial charge on any atom is -0.495 e. The Labute approximate surface area is 182 Å². The molecule has 2 amide bonds. The lowest BCUT2D eigenvalue weighted by Crippen LogP contribution is -2.37. The van der Waals surface area contributed by atoms with E-state index in [0.29, 0.717) is 32.9 Å². The fourth-order valence-electron chi connectivity index (χ4n) is 2.71. The lowest BCUT2D eigenvalue weighted by molar-refractivity contribution is -0.116. The molecule has 29 heavy (non-hydrogen) atoms. The first-order valence-electron chi connectivity index (χ1n) is 8.88. The van der Waals surface area contributed by atoms with Gasteiger partial charge in [-0.15, -0.1) is 22.7 Å². The molecule has 1 aromatic carbocycles. The van der Waals surface area contributed by atoms with Crippen molar-refractivity contribution in [1.29, 1.82) is 0 Å². The molecule has 0 radical (unpaired) electrons. The van der Waals surface area contributed by atoms with Crippen molar-refractivity contribution in [1.82, 2.24) is 9.88 Å². The highest BCUT2D eigenvalue weighted by molar-refractivity contribution is 7.24. The Kier molecular flexibility index (Phi) is 6.89. The molecule has 3 rings (SSSR count). The summed E-state index contributed by atoms with van der Waals surface area (Å²) in [4.78, 5) is 33.0. The molecule has 2 aromatic heterocycles. The fraction of sp³-hybridized carbons (Fsp3) is 0.250. The Morgan fingerprint density at radius 2 is 1.97 bits per heavy atom. The van der Waals surface area contributed by atoms with Crippen molar-refractivity contribution in [2.75, 3.05) is 25.5 Å². The molecule has 0 spiro atoms. The maximum absolute atomic E-state index is 13.0. The molecule has 0 aliphatic carbocycles. The predicted octanol–water partition coefficient (Wildman–Crippen LogP) is 4.94. The first-order chi connectivity index (χ1) is 13.9. The van der Waals surface area contributed by atoms with Crippen LogP contribution in [0, 0.1) is 6.92 Å². The number of aryl methyl sites for hydroxylation is 1. The van der Waals surface area contributed by atoms with Crippen LogP contribution in [0.1, 0.15) is 22.3 Å². The van der Waals surface area contributed by atoms with Crippen LogP contribution in [0.3, 0.4) is 0 Å². The number of benzene rings is 1. The lowest BCUT2D eigenvalue weighted by atomic mass is 10.3. The van der Waals surface area contributed by atoms with Gasteiger partial charge in [0.2, 0.25) is 5.91 Å². The first-order valence-corrected chi connectivity index (χ1v) is 10.9.